The predicted octanol–water partition coefficient (Wildman–Crippen LogP) is 2.49. The van der Waals surface area contributed by atoms with E-state index in [4.69, 9.17) is 9.47 Å². The van der Waals surface area contributed by atoms with Gasteiger partial charge in [-0.25, -0.2) is 4.39 Å². The topological polar surface area (TPSA) is 30.5 Å². The molecule has 0 spiro atoms. The maximum absolute atomic E-state index is 13.8. The van der Waals surface area contributed by atoms with Crippen LogP contribution < -0.4 is 10.1 Å². The van der Waals surface area contributed by atoms with E-state index in [1.807, 2.05) is 13.0 Å². The van der Waals surface area contributed by atoms with Crippen molar-refractivity contribution in [1.82, 2.24) is 5.32 Å². The summed E-state index contributed by atoms with van der Waals surface area (Å²) in [6.45, 7) is 2.97. The number of para-hydroxylation sites is 1. The van der Waals surface area contributed by atoms with E-state index in [-0.39, 0.29) is 11.9 Å². The third-order valence-electron chi connectivity index (χ3n) is 2.93. The zero-order chi connectivity index (χ0) is 13.0. The van der Waals surface area contributed by atoms with Crippen LogP contribution in [0.2, 0.25) is 0 Å². The molecule has 0 heterocycles. The largest absolute Gasteiger partial charge is 0.485 e. The normalized spacial score (nSPS) is 16.6. The molecule has 0 aliphatic heterocycles. The van der Waals surface area contributed by atoms with Gasteiger partial charge in [-0.2, -0.15) is 0 Å². The first-order chi connectivity index (χ1) is 8.70. The molecule has 100 valence electrons. The van der Waals surface area contributed by atoms with Crippen molar-refractivity contribution in [2.45, 2.75) is 38.5 Å². The van der Waals surface area contributed by atoms with Crippen molar-refractivity contribution in [3.8, 4) is 5.75 Å². The summed E-state index contributed by atoms with van der Waals surface area (Å²) in [5, 5.41) is 3.37. The van der Waals surface area contributed by atoms with E-state index in [1.54, 1.807) is 13.2 Å². The average molecular weight is 253 g/mol. The summed E-state index contributed by atoms with van der Waals surface area (Å²) in [6, 6.07) is 5.63. The van der Waals surface area contributed by atoms with Gasteiger partial charge in [-0.05, 0) is 25.8 Å². The molecule has 3 nitrogen and oxygen atoms in total. The molecule has 1 N–H and O–H groups in total. The minimum Gasteiger partial charge on any atom is -0.485 e. The lowest BCUT2D eigenvalue weighted by Gasteiger charge is -2.17. The van der Waals surface area contributed by atoms with Crippen molar-refractivity contribution < 1.29 is 13.9 Å². The Kier molecular flexibility index (Phi) is 4.55. The quantitative estimate of drug-likeness (QED) is 0.810. The molecule has 0 bridgehead atoms. The Balaban J connectivity index is 2.04. The smallest absolute Gasteiger partial charge is 0.165 e. The van der Waals surface area contributed by atoms with Crippen molar-refractivity contribution in [3.63, 3.8) is 0 Å². The highest BCUT2D eigenvalue weighted by atomic mass is 19.1. The number of hydrogen-bond acceptors (Lipinski definition) is 3. The highest BCUT2D eigenvalue weighted by Gasteiger charge is 2.21. The first-order valence-corrected chi connectivity index (χ1v) is 6.37. The molecule has 1 saturated carbocycles. The number of ether oxygens (including phenoxy) is 2. The van der Waals surface area contributed by atoms with Gasteiger partial charge in [-0.15, -0.1) is 0 Å². The van der Waals surface area contributed by atoms with Gasteiger partial charge >= 0.3 is 0 Å². The van der Waals surface area contributed by atoms with E-state index in [1.165, 1.54) is 18.9 Å². The molecular weight excluding hydrogens is 233 g/mol. The third-order valence-corrected chi connectivity index (χ3v) is 2.93. The fraction of sp³-hybridized carbons (Fsp3) is 0.571. The molecule has 0 aromatic heterocycles. The summed E-state index contributed by atoms with van der Waals surface area (Å²) in [5.74, 6) is 0.0308. The van der Waals surface area contributed by atoms with E-state index >= 15 is 0 Å². The molecule has 0 radical (unpaired) electrons. The van der Waals surface area contributed by atoms with Gasteiger partial charge in [-0.1, -0.05) is 12.1 Å². The molecule has 1 aliphatic rings. The summed E-state index contributed by atoms with van der Waals surface area (Å²) in [6.07, 6.45) is 2.27. The van der Waals surface area contributed by atoms with Crippen LogP contribution in [0, 0.1) is 5.82 Å². The number of benzene rings is 1. The second-order valence-corrected chi connectivity index (χ2v) is 4.77. The summed E-state index contributed by atoms with van der Waals surface area (Å²) >= 11 is 0. The number of halogens is 1. The highest BCUT2D eigenvalue weighted by molar-refractivity contribution is 5.35. The third kappa shape index (κ3) is 3.68. The Labute approximate surface area is 107 Å². The van der Waals surface area contributed by atoms with Crippen LogP contribution in [0.5, 0.6) is 5.75 Å². The lowest BCUT2D eigenvalue weighted by atomic mass is 10.2. The molecule has 1 aromatic rings. The van der Waals surface area contributed by atoms with Crippen LogP contribution in [-0.2, 0) is 11.3 Å². The predicted molar refractivity (Wildman–Crippen MR) is 68.2 cm³/mol. The maximum Gasteiger partial charge on any atom is 0.165 e. The maximum atomic E-state index is 13.8. The van der Waals surface area contributed by atoms with Crippen LogP contribution in [0.3, 0.4) is 0 Å². The van der Waals surface area contributed by atoms with Gasteiger partial charge in [0.15, 0.2) is 11.6 Å². The molecule has 1 aliphatic carbocycles. The van der Waals surface area contributed by atoms with Gasteiger partial charge in [-0.3, -0.25) is 0 Å². The van der Waals surface area contributed by atoms with Gasteiger partial charge in [0.1, 0.15) is 6.10 Å². The van der Waals surface area contributed by atoms with Crippen LogP contribution in [0.1, 0.15) is 25.3 Å². The summed E-state index contributed by atoms with van der Waals surface area (Å²) in [5.41, 5.74) is 0.866. The van der Waals surface area contributed by atoms with Crippen molar-refractivity contribution in [1.29, 1.82) is 0 Å². The molecule has 1 fully saturated rings. The minimum atomic E-state index is -0.312. The molecule has 2 rings (SSSR count). The Morgan fingerprint density at radius 2 is 2.22 bits per heavy atom. The molecule has 1 unspecified atom stereocenters. The minimum absolute atomic E-state index is 0.161. The van der Waals surface area contributed by atoms with Crippen LogP contribution in [-0.4, -0.2) is 25.9 Å². The highest BCUT2D eigenvalue weighted by Crippen LogP contribution is 2.26. The zero-order valence-electron chi connectivity index (χ0n) is 10.9. The molecule has 18 heavy (non-hydrogen) atoms. The Bertz CT molecular complexity index is 393. The summed E-state index contributed by atoms with van der Waals surface area (Å²) in [4.78, 5) is 0. The van der Waals surface area contributed by atoms with E-state index < -0.39 is 0 Å². The molecular formula is C14H20FNO2. The van der Waals surface area contributed by atoms with Gasteiger partial charge in [0.25, 0.3) is 0 Å². The second kappa shape index (κ2) is 6.16. The standard InChI is InChI=1S/C14H20FNO2/c1-10(9-17-2)18-14-11(4-3-5-13(14)15)8-16-12-6-7-12/h3-5,10,12,16H,6-9H2,1-2H3. The fourth-order valence-electron chi connectivity index (χ4n) is 1.84. The Morgan fingerprint density at radius 1 is 1.44 bits per heavy atom. The van der Waals surface area contributed by atoms with Gasteiger partial charge in [0.05, 0.1) is 6.61 Å². The SMILES string of the molecule is COCC(C)Oc1c(F)cccc1CNC1CC1. The first kappa shape index (κ1) is 13.3. The van der Waals surface area contributed by atoms with Crippen molar-refractivity contribution in [2.75, 3.05) is 13.7 Å². The van der Waals surface area contributed by atoms with Crippen LogP contribution in [0.15, 0.2) is 18.2 Å². The number of rotatable bonds is 7. The first-order valence-electron chi connectivity index (χ1n) is 6.37. The van der Waals surface area contributed by atoms with Crippen LogP contribution >= 0.6 is 0 Å². The lowest BCUT2D eigenvalue weighted by Crippen LogP contribution is -2.21. The van der Waals surface area contributed by atoms with Crippen molar-refractivity contribution in [2.24, 2.45) is 0 Å². The molecule has 1 aromatic carbocycles. The average Bonchev–Trinajstić information content (AvgIpc) is 3.14. The molecule has 0 amide bonds. The summed E-state index contributed by atoms with van der Waals surface area (Å²) in [7, 11) is 1.61. The Morgan fingerprint density at radius 3 is 2.89 bits per heavy atom. The van der Waals surface area contributed by atoms with Crippen LogP contribution in [0.4, 0.5) is 4.39 Å². The van der Waals surface area contributed by atoms with Crippen LogP contribution in [0.25, 0.3) is 0 Å². The number of nitrogens with one attached hydrogen (secondary N) is 1. The van der Waals surface area contributed by atoms with E-state index in [9.17, 15) is 4.39 Å². The van der Waals surface area contributed by atoms with E-state index in [0.717, 1.165) is 5.56 Å². The van der Waals surface area contributed by atoms with Crippen molar-refractivity contribution >= 4 is 0 Å². The molecule has 4 heteroatoms. The molecule has 1 atom stereocenters. The van der Waals surface area contributed by atoms with Gasteiger partial charge in [0.2, 0.25) is 0 Å². The number of hydrogen-bond donors (Lipinski definition) is 1. The Hall–Kier alpha value is -1.13. The van der Waals surface area contributed by atoms with E-state index in [0.29, 0.717) is 24.9 Å². The zero-order valence-corrected chi connectivity index (χ0v) is 10.9. The molecule has 0 saturated heterocycles. The van der Waals surface area contributed by atoms with Crippen molar-refractivity contribution in [3.05, 3.63) is 29.6 Å². The summed E-state index contributed by atoms with van der Waals surface area (Å²) < 4.78 is 24.4. The lowest BCUT2D eigenvalue weighted by molar-refractivity contribution is 0.0884. The monoisotopic (exact) mass is 253 g/mol. The number of methoxy groups -OCH3 is 1. The van der Waals surface area contributed by atoms with Gasteiger partial charge < -0.3 is 14.8 Å². The van der Waals surface area contributed by atoms with E-state index in [2.05, 4.69) is 5.32 Å². The fourth-order valence-corrected chi connectivity index (χ4v) is 1.84. The second-order valence-electron chi connectivity index (χ2n) is 4.77. The van der Waals surface area contributed by atoms with Gasteiger partial charge in [0, 0.05) is 25.3 Å².